The van der Waals surface area contributed by atoms with Crippen LogP contribution in [0.3, 0.4) is 0 Å². The first-order valence-corrected chi connectivity index (χ1v) is 8.72. The normalized spacial score (nSPS) is 11.1. The Hall–Kier alpha value is -1.84. The van der Waals surface area contributed by atoms with Crippen molar-refractivity contribution in [3.05, 3.63) is 41.7 Å². The third-order valence-corrected chi connectivity index (χ3v) is 3.87. The second-order valence-electron chi connectivity index (χ2n) is 6.63. The molecule has 1 heterocycles. The summed E-state index contributed by atoms with van der Waals surface area (Å²) in [4.78, 5) is 0. The van der Waals surface area contributed by atoms with Crippen LogP contribution in [0.2, 0.25) is 0 Å². The van der Waals surface area contributed by atoms with Gasteiger partial charge in [0.15, 0.2) is 0 Å². The van der Waals surface area contributed by atoms with E-state index in [0.717, 1.165) is 36.7 Å². The molecule has 0 aliphatic rings. The molecule has 0 spiro atoms. The molecule has 4 heteroatoms. The molecule has 1 aromatic heterocycles. The predicted octanol–water partition coefficient (Wildman–Crippen LogP) is 4.42. The van der Waals surface area contributed by atoms with Crippen LogP contribution >= 0.6 is 0 Å². The van der Waals surface area contributed by atoms with Gasteiger partial charge in [0.05, 0.1) is 12.3 Å². The van der Waals surface area contributed by atoms with E-state index in [1.807, 2.05) is 16.8 Å². The van der Waals surface area contributed by atoms with Gasteiger partial charge in [-0.05, 0) is 37.8 Å². The molecule has 0 N–H and O–H groups in total. The summed E-state index contributed by atoms with van der Waals surface area (Å²) in [7, 11) is 0. The summed E-state index contributed by atoms with van der Waals surface area (Å²) in [5.74, 6) is 1.72. The molecule has 0 saturated carbocycles. The number of unbranched alkanes of at least 4 members (excludes halogenated alkanes) is 1. The van der Waals surface area contributed by atoms with Crippen molar-refractivity contribution in [1.82, 2.24) is 15.0 Å². The molecule has 23 heavy (non-hydrogen) atoms. The van der Waals surface area contributed by atoms with E-state index in [-0.39, 0.29) is 0 Å². The molecule has 0 fully saturated rings. The van der Waals surface area contributed by atoms with E-state index >= 15 is 0 Å². The fourth-order valence-electron chi connectivity index (χ4n) is 2.47. The van der Waals surface area contributed by atoms with Crippen LogP contribution in [-0.4, -0.2) is 21.6 Å². The quantitative estimate of drug-likeness (QED) is 0.609. The van der Waals surface area contributed by atoms with Crippen LogP contribution in [0.15, 0.2) is 30.5 Å². The van der Waals surface area contributed by atoms with E-state index in [1.165, 1.54) is 24.8 Å². The van der Waals surface area contributed by atoms with Crippen molar-refractivity contribution in [2.24, 2.45) is 5.92 Å². The molecule has 1 aromatic carbocycles. The molecule has 0 amide bonds. The van der Waals surface area contributed by atoms with Gasteiger partial charge in [0.25, 0.3) is 0 Å². The summed E-state index contributed by atoms with van der Waals surface area (Å²) in [5, 5.41) is 8.45. The molecule has 126 valence electrons. The smallest absolute Gasteiger partial charge is 0.119 e. The fraction of sp³-hybridized carbons (Fsp3) is 0.579. The number of nitrogens with zero attached hydrogens (tertiary/aromatic N) is 3. The molecule has 0 aliphatic carbocycles. The Morgan fingerprint density at radius 1 is 1.09 bits per heavy atom. The monoisotopic (exact) mass is 315 g/mol. The molecule has 2 rings (SSSR count). The summed E-state index contributed by atoms with van der Waals surface area (Å²) >= 11 is 0. The average molecular weight is 315 g/mol. The zero-order valence-electron chi connectivity index (χ0n) is 14.7. The standard InChI is InChI=1S/C19H29N3O/c1-16(2)7-4-5-8-18-15-22(21-20-18)13-6-14-23-19-11-9-17(3)10-12-19/h9-12,15-16H,4-8,13-14H2,1-3H3. The fourth-order valence-corrected chi connectivity index (χ4v) is 2.47. The third-order valence-electron chi connectivity index (χ3n) is 3.87. The Kier molecular flexibility index (Phi) is 7.11. The molecule has 0 bridgehead atoms. The minimum Gasteiger partial charge on any atom is -0.494 e. The lowest BCUT2D eigenvalue weighted by Gasteiger charge is -2.06. The van der Waals surface area contributed by atoms with Crippen molar-refractivity contribution in [2.75, 3.05) is 6.61 Å². The first kappa shape index (κ1) is 17.5. The molecular formula is C19H29N3O. The molecule has 0 radical (unpaired) electrons. The second kappa shape index (κ2) is 9.33. The molecule has 2 aromatic rings. The number of ether oxygens (including phenoxy) is 1. The minimum absolute atomic E-state index is 0.701. The Bertz CT molecular complexity index is 560. The summed E-state index contributed by atoms with van der Waals surface area (Å²) in [6.07, 6.45) is 7.81. The Morgan fingerprint density at radius 3 is 2.61 bits per heavy atom. The lowest BCUT2D eigenvalue weighted by atomic mass is 10.0. The van der Waals surface area contributed by atoms with Crippen LogP contribution in [0, 0.1) is 12.8 Å². The van der Waals surface area contributed by atoms with E-state index in [0.29, 0.717) is 6.61 Å². The van der Waals surface area contributed by atoms with Crippen LogP contribution in [0.25, 0.3) is 0 Å². The number of rotatable bonds is 10. The van der Waals surface area contributed by atoms with Gasteiger partial charge in [-0.2, -0.15) is 0 Å². The van der Waals surface area contributed by atoms with Gasteiger partial charge in [-0.15, -0.1) is 5.10 Å². The maximum absolute atomic E-state index is 5.73. The van der Waals surface area contributed by atoms with Gasteiger partial charge in [0.2, 0.25) is 0 Å². The largest absolute Gasteiger partial charge is 0.494 e. The van der Waals surface area contributed by atoms with Crippen molar-refractivity contribution in [3.63, 3.8) is 0 Å². The molecule has 0 saturated heterocycles. The number of aryl methyl sites for hydroxylation is 3. The zero-order valence-corrected chi connectivity index (χ0v) is 14.7. The third kappa shape index (κ3) is 6.85. The number of hydrogen-bond donors (Lipinski definition) is 0. The minimum atomic E-state index is 0.701. The molecule has 0 unspecified atom stereocenters. The van der Waals surface area contributed by atoms with Crippen molar-refractivity contribution >= 4 is 0 Å². The summed E-state index contributed by atoms with van der Waals surface area (Å²) in [6, 6.07) is 8.16. The predicted molar refractivity (Wildman–Crippen MR) is 93.7 cm³/mol. The SMILES string of the molecule is Cc1ccc(OCCCn2cc(CCCCC(C)C)nn2)cc1. The van der Waals surface area contributed by atoms with Crippen molar-refractivity contribution in [3.8, 4) is 5.75 Å². The molecule has 0 atom stereocenters. The number of aromatic nitrogens is 3. The lowest BCUT2D eigenvalue weighted by molar-refractivity contribution is 0.298. The van der Waals surface area contributed by atoms with Gasteiger partial charge < -0.3 is 4.74 Å². The topological polar surface area (TPSA) is 39.9 Å². The summed E-state index contributed by atoms with van der Waals surface area (Å²) in [6.45, 7) is 8.18. The van der Waals surface area contributed by atoms with Gasteiger partial charge in [-0.1, -0.05) is 49.6 Å². The summed E-state index contributed by atoms with van der Waals surface area (Å²) < 4.78 is 7.66. The molecule has 4 nitrogen and oxygen atoms in total. The first-order chi connectivity index (χ1) is 11.1. The van der Waals surface area contributed by atoms with Crippen molar-refractivity contribution < 1.29 is 4.74 Å². The van der Waals surface area contributed by atoms with Crippen molar-refractivity contribution in [2.45, 2.75) is 59.4 Å². The Morgan fingerprint density at radius 2 is 1.87 bits per heavy atom. The number of benzene rings is 1. The molecular weight excluding hydrogens is 286 g/mol. The molecule has 0 aliphatic heterocycles. The highest BCUT2D eigenvalue weighted by Crippen LogP contribution is 2.12. The van der Waals surface area contributed by atoms with Crippen LogP contribution in [0.1, 0.15) is 50.8 Å². The highest BCUT2D eigenvalue weighted by atomic mass is 16.5. The maximum atomic E-state index is 5.73. The van der Waals surface area contributed by atoms with Crippen LogP contribution in [-0.2, 0) is 13.0 Å². The van der Waals surface area contributed by atoms with Gasteiger partial charge in [0, 0.05) is 19.2 Å². The lowest BCUT2D eigenvalue weighted by Crippen LogP contribution is -2.05. The van der Waals surface area contributed by atoms with E-state index in [9.17, 15) is 0 Å². The van der Waals surface area contributed by atoms with Crippen LogP contribution in [0.4, 0.5) is 0 Å². The van der Waals surface area contributed by atoms with E-state index in [1.54, 1.807) is 0 Å². The second-order valence-corrected chi connectivity index (χ2v) is 6.63. The Balaban J connectivity index is 1.61. The van der Waals surface area contributed by atoms with Gasteiger partial charge in [0.1, 0.15) is 5.75 Å². The van der Waals surface area contributed by atoms with Crippen LogP contribution in [0.5, 0.6) is 5.75 Å². The van der Waals surface area contributed by atoms with Gasteiger partial charge >= 0.3 is 0 Å². The summed E-state index contributed by atoms with van der Waals surface area (Å²) in [5.41, 5.74) is 2.36. The van der Waals surface area contributed by atoms with E-state index in [4.69, 9.17) is 4.74 Å². The first-order valence-electron chi connectivity index (χ1n) is 8.72. The van der Waals surface area contributed by atoms with Crippen LogP contribution < -0.4 is 4.74 Å². The maximum Gasteiger partial charge on any atom is 0.119 e. The van der Waals surface area contributed by atoms with Gasteiger partial charge in [-0.3, -0.25) is 4.68 Å². The Labute approximate surface area is 139 Å². The van der Waals surface area contributed by atoms with Crippen molar-refractivity contribution in [1.29, 1.82) is 0 Å². The highest BCUT2D eigenvalue weighted by molar-refractivity contribution is 5.26. The highest BCUT2D eigenvalue weighted by Gasteiger charge is 2.02. The number of hydrogen-bond acceptors (Lipinski definition) is 3. The zero-order chi connectivity index (χ0) is 16.5. The van der Waals surface area contributed by atoms with Gasteiger partial charge in [-0.25, -0.2) is 0 Å². The van der Waals surface area contributed by atoms with E-state index < -0.39 is 0 Å². The van der Waals surface area contributed by atoms with E-state index in [2.05, 4.69) is 49.4 Å². The average Bonchev–Trinajstić information content (AvgIpc) is 2.97.